The summed E-state index contributed by atoms with van der Waals surface area (Å²) in [6.45, 7) is 0. The Kier molecular flexibility index (Phi) is 4.44. The number of hydrogen-bond donors (Lipinski definition) is 2. The van der Waals surface area contributed by atoms with E-state index in [1.54, 1.807) is 0 Å². The molecule has 0 saturated heterocycles. The molecule has 7 heteroatoms. The summed E-state index contributed by atoms with van der Waals surface area (Å²) in [5.74, 6) is -1.03. The van der Waals surface area contributed by atoms with Gasteiger partial charge in [-0.25, -0.2) is 9.18 Å². The van der Waals surface area contributed by atoms with E-state index in [0.29, 0.717) is 5.56 Å². The SMILES string of the molecule is COC(=O)/C(=C\c1ccc(F)cc1)c1cc(=O)[nH]c(=S)[nH]1. The summed E-state index contributed by atoms with van der Waals surface area (Å²) in [5.41, 5.74) is 0.472. The highest BCUT2D eigenvalue weighted by Crippen LogP contribution is 2.17. The summed E-state index contributed by atoms with van der Waals surface area (Å²) in [7, 11) is 1.22. The normalized spacial score (nSPS) is 11.2. The molecule has 0 unspecified atom stereocenters. The standard InChI is InChI=1S/C14H11FN2O3S/c1-20-13(19)10(6-8-2-4-9(15)5-3-8)11-7-12(18)17-14(21)16-11/h2-7H,1H3,(H2,16,17,18,21)/b10-6-. The van der Waals surface area contributed by atoms with Gasteiger partial charge in [0.15, 0.2) is 4.77 Å². The molecular weight excluding hydrogens is 295 g/mol. The van der Waals surface area contributed by atoms with Gasteiger partial charge in [-0.3, -0.25) is 9.78 Å². The van der Waals surface area contributed by atoms with Crippen LogP contribution in [0.25, 0.3) is 11.6 Å². The molecule has 0 bridgehead atoms. The number of rotatable bonds is 3. The quantitative estimate of drug-likeness (QED) is 0.518. The van der Waals surface area contributed by atoms with E-state index in [-0.39, 0.29) is 21.9 Å². The van der Waals surface area contributed by atoms with Gasteiger partial charge in [0.2, 0.25) is 0 Å². The third kappa shape index (κ3) is 3.73. The highest BCUT2D eigenvalue weighted by molar-refractivity contribution is 7.71. The van der Waals surface area contributed by atoms with Crippen molar-refractivity contribution in [1.29, 1.82) is 0 Å². The fraction of sp³-hybridized carbons (Fsp3) is 0.0714. The minimum Gasteiger partial charge on any atom is -0.465 e. The monoisotopic (exact) mass is 306 g/mol. The van der Waals surface area contributed by atoms with Crippen molar-refractivity contribution >= 4 is 29.8 Å². The Labute approximate surface area is 124 Å². The Balaban J connectivity index is 2.58. The zero-order valence-corrected chi connectivity index (χ0v) is 11.8. The molecule has 0 aliphatic carbocycles. The number of aromatic amines is 2. The van der Waals surface area contributed by atoms with Crippen LogP contribution in [-0.4, -0.2) is 23.0 Å². The average molecular weight is 306 g/mol. The topological polar surface area (TPSA) is 75.0 Å². The minimum absolute atomic E-state index is 0.0893. The fourth-order valence-electron chi connectivity index (χ4n) is 1.70. The molecule has 0 amide bonds. The zero-order chi connectivity index (χ0) is 15.4. The molecule has 0 aliphatic rings. The van der Waals surface area contributed by atoms with E-state index in [1.807, 2.05) is 0 Å². The minimum atomic E-state index is -0.643. The first-order chi connectivity index (χ1) is 9.99. The van der Waals surface area contributed by atoms with E-state index < -0.39 is 11.5 Å². The van der Waals surface area contributed by atoms with Crippen LogP contribution in [0.4, 0.5) is 4.39 Å². The van der Waals surface area contributed by atoms with E-state index >= 15 is 0 Å². The molecule has 2 rings (SSSR count). The number of ether oxygens (including phenoxy) is 1. The Morgan fingerprint density at radius 2 is 1.95 bits per heavy atom. The Morgan fingerprint density at radius 3 is 2.52 bits per heavy atom. The highest BCUT2D eigenvalue weighted by Gasteiger charge is 2.14. The Bertz CT molecular complexity index is 778. The molecule has 0 radical (unpaired) electrons. The van der Waals surface area contributed by atoms with Gasteiger partial charge in [-0.2, -0.15) is 0 Å². The van der Waals surface area contributed by atoms with Crippen LogP contribution in [0, 0.1) is 10.6 Å². The summed E-state index contributed by atoms with van der Waals surface area (Å²) in [4.78, 5) is 28.4. The summed E-state index contributed by atoms with van der Waals surface area (Å²) in [6.07, 6.45) is 1.48. The molecule has 2 N–H and O–H groups in total. The molecule has 0 fully saturated rings. The summed E-state index contributed by atoms with van der Waals surface area (Å²) >= 11 is 4.87. The number of carbonyl (C=O) groups excluding carboxylic acids is 1. The molecule has 0 atom stereocenters. The molecular formula is C14H11FN2O3S. The maximum Gasteiger partial charge on any atom is 0.339 e. The van der Waals surface area contributed by atoms with Crippen LogP contribution in [0.2, 0.25) is 0 Å². The maximum absolute atomic E-state index is 12.9. The van der Waals surface area contributed by atoms with Crippen LogP contribution in [0.15, 0.2) is 35.1 Å². The maximum atomic E-state index is 12.9. The molecule has 0 saturated carbocycles. The average Bonchev–Trinajstić information content (AvgIpc) is 2.44. The predicted molar refractivity (Wildman–Crippen MR) is 78.5 cm³/mol. The molecule has 2 aromatic rings. The lowest BCUT2D eigenvalue weighted by atomic mass is 10.1. The van der Waals surface area contributed by atoms with Crippen LogP contribution >= 0.6 is 12.2 Å². The van der Waals surface area contributed by atoms with Gasteiger partial charge in [-0.15, -0.1) is 0 Å². The first kappa shape index (κ1) is 14.9. The first-order valence-electron chi connectivity index (χ1n) is 5.89. The lowest BCUT2D eigenvalue weighted by molar-refractivity contribution is -0.133. The van der Waals surface area contributed by atoms with Crippen LogP contribution in [-0.2, 0) is 9.53 Å². The Hall–Kier alpha value is -2.54. The van der Waals surface area contributed by atoms with Gasteiger partial charge in [0, 0.05) is 6.07 Å². The molecule has 0 aliphatic heterocycles. The Morgan fingerprint density at radius 1 is 1.29 bits per heavy atom. The van der Waals surface area contributed by atoms with Gasteiger partial charge < -0.3 is 9.72 Å². The molecule has 1 aromatic carbocycles. The number of hydrogen-bond acceptors (Lipinski definition) is 4. The summed E-state index contributed by atoms with van der Waals surface area (Å²) in [6, 6.07) is 6.73. The number of aromatic nitrogens is 2. The summed E-state index contributed by atoms with van der Waals surface area (Å²) < 4.78 is 17.7. The first-order valence-corrected chi connectivity index (χ1v) is 6.30. The van der Waals surface area contributed by atoms with E-state index in [0.717, 1.165) is 0 Å². The van der Waals surface area contributed by atoms with Crippen molar-refractivity contribution in [2.24, 2.45) is 0 Å². The number of benzene rings is 1. The second-order valence-corrected chi connectivity index (χ2v) is 4.51. The van der Waals surface area contributed by atoms with Crippen LogP contribution in [0.1, 0.15) is 11.3 Å². The van der Waals surface area contributed by atoms with Crippen molar-refractivity contribution < 1.29 is 13.9 Å². The molecule has 1 aromatic heterocycles. The number of halogens is 1. The zero-order valence-electron chi connectivity index (χ0n) is 11.0. The van der Waals surface area contributed by atoms with Gasteiger partial charge in [0.25, 0.3) is 5.56 Å². The van der Waals surface area contributed by atoms with Crippen molar-refractivity contribution in [2.45, 2.75) is 0 Å². The molecule has 1 heterocycles. The smallest absolute Gasteiger partial charge is 0.339 e. The highest BCUT2D eigenvalue weighted by atomic mass is 32.1. The van der Waals surface area contributed by atoms with Crippen molar-refractivity contribution in [3.63, 3.8) is 0 Å². The van der Waals surface area contributed by atoms with Gasteiger partial charge in [-0.05, 0) is 36.0 Å². The van der Waals surface area contributed by atoms with Crippen LogP contribution < -0.4 is 5.56 Å². The summed E-state index contributed by atoms with van der Waals surface area (Å²) in [5, 5.41) is 0. The lowest BCUT2D eigenvalue weighted by Gasteiger charge is -2.06. The fourth-order valence-corrected chi connectivity index (χ4v) is 1.91. The number of H-pyrrole nitrogens is 2. The van der Waals surface area contributed by atoms with Gasteiger partial charge in [0.1, 0.15) is 5.82 Å². The molecule has 0 spiro atoms. The van der Waals surface area contributed by atoms with Crippen molar-refractivity contribution in [3.05, 3.63) is 62.5 Å². The number of carbonyl (C=O) groups is 1. The molecule has 108 valence electrons. The van der Waals surface area contributed by atoms with Crippen LogP contribution in [0.3, 0.4) is 0 Å². The van der Waals surface area contributed by atoms with E-state index in [4.69, 9.17) is 17.0 Å². The van der Waals surface area contributed by atoms with Gasteiger partial charge >= 0.3 is 5.97 Å². The molecule has 21 heavy (non-hydrogen) atoms. The molecule has 5 nitrogen and oxygen atoms in total. The largest absolute Gasteiger partial charge is 0.465 e. The number of nitrogens with one attached hydrogen (secondary N) is 2. The second kappa shape index (κ2) is 6.27. The van der Waals surface area contributed by atoms with Crippen LogP contribution in [0.5, 0.6) is 0 Å². The lowest BCUT2D eigenvalue weighted by Crippen LogP contribution is -2.12. The van der Waals surface area contributed by atoms with Gasteiger partial charge in [-0.1, -0.05) is 12.1 Å². The number of esters is 1. The third-order valence-corrected chi connectivity index (χ3v) is 2.84. The predicted octanol–water partition coefficient (Wildman–Crippen LogP) is 2.29. The van der Waals surface area contributed by atoms with Crippen molar-refractivity contribution in [2.75, 3.05) is 7.11 Å². The third-order valence-electron chi connectivity index (χ3n) is 2.64. The van der Waals surface area contributed by atoms with E-state index in [2.05, 4.69) is 9.97 Å². The van der Waals surface area contributed by atoms with E-state index in [1.165, 1.54) is 43.5 Å². The van der Waals surface area contributed by atoms with E-state index in [9.17, 15) is 14.0 Å². The van der Waals surface area contributed by atoms with Crippen molar-refractivity contribution in [3.8, 4) is 0 Å². The van der Waals surface area contributed by atoms with Crippen molar-refractivity contribution in [1.82, 2.24) is 9.97 Å². The second-order valence-electron chi connectivity index (χ2n) is 4.10. The van der Waals surface area contributed by atoms with Gasteiger partial charge in [0.05, 0.1) is 18.4 Å². The number of methoxy groups -OCH3 is 1.